The monoisotopic (exact) mass is 942 g/mol. The largest absolute Gasteiger partial charge is 0.310 e. The van der Waals surface area contributed by atoms with Gasteiger partial charge in [0, 0.05) is 34.1 Å². The van der Waals surface area contributed by atoms with Crippen molar-refractivity contribution in [2.24, 2.45) is 0 Å². The molecule has 348 valence electrons. The Bertz CT molecular complexity index is 3520. The summed E-state index contributed by atoms with van der Waals surface area (Å²) in [5, 5.41) is 0. The fraction of sp³-hybridized carbons (Fsp3) is 0. The minimum Gasteiger partial charge on any atom is -0.310 e. The Morgan fingerprint density at radius 2 is 0.365 bits per heavy atom. The van der Waals surface area contributed by atoms with Gasteiger partial charge >= 0.3 is 0 Å². The van der Waals surface area contributed by atoms with E-state index in [1.54, 1.807) is 0 Å². The summed E-state index contributed by atoms with van der Waals surface area (Å²) in [5.41, 5.74) is 25.3. The molecule has 0 saturated heterocycles. The molecule has 12 aromatic rings. The average Bonchev–Trinajstić information content (AvgIpc) is 3.49. The van der Waals surface area contributed by atoms with E-state index in [-0.39, 0.29) is 0 Å². The molecule has 0 saturated carbocycles. The Morgan fingerprint density at radius 3 is 0.662 bits per heavy atom. The van der Waals surface area contributed by atoms with E-state index >= 15 is 0 Å². The summed E-state index contributed by atoms with van der Waals surface area (Å²) in [7, 11) is 0. The van der Waals surface area contributed by atoms with Crippen LogP contribution in [0.5, 0.6) is 0 Å². The van der Waals surface area contributed by atoms with Crippen LogP contribution in [0.2, 0.25) is 0 Å². The maximum atomic E-state index is 2.38. The van der Waals surface area contributed by atoms with Crippen LogP contribution in [0.1, 0.15) is 0 Å². The molecule has 0 spiro atoms. The molecule has 0 radical (unpaired) electrons. The van der Waals surface area contributed by atoms with Gasteiger partial charge < -0.3 is 9.80 Å². The number of hydrogen-bond acceptors (Lipinski definition) is 2. The molecule has 2 heteroatoms. The third-order valence-electron chi connectivity index (χ3n) is 14.4. The van der Waals surface area contributed by atoms with E-state index in [2.05, 4.69) is 313 Å². The zero-order chi connectivity index (χ0) is 49.2. The highest BCUT2D eigenvalue weighted by Crippen LogP contribution is 2.44. The molecule has 0 N–H and O–H groups in total. The Morgan fingerprint density at radius 1 is 0.135 bits per heavy atom. The maximum absolute atomic E-state index is 2.38. The van der Waals surface area contributed by atoms with Crippen LogP contribution in [-0.2, 0) is 0 Å². The molecule has 2 nitrogen and oxygen atoms in total. The van der Waals surface area contributed by atoms with Gasteiger partial charge in [0.05, 0.1) is 0 Å². The fourth-order valence-electron chi connectivity index (χ4n) is 10.7. The third-order valence-corrected chi connectivity index (χ3v) is 14.4. The van der Waals surface area contributed by atoms with Crippen molar-refractivity contribution in [1.29, 1.82) is 0 Å². The van der Waals surface area contributed by atoms with Crippen LogP contribution in [0, 0.1) is 0 Å². The first-order valence-electron chi connectivity index (χ1n) is 25.4. The molecular weight excluding hydrogens is 893 g/mol. The molecule has 19 rings (SSSR count). The summed E-state index contributed by atoms with van der Waals surface area (Å²) in [6.45, 7) is 0. The van der Waals surface area contributed by atoms with Gasteiger partial charge in [-0.3, -0.25) is 0 Å². The fourth-order valence-corrected chi connectivity index (χ4v) is 10.7. The first-order chi connectivity index (χ1) is 36.7. The number of nitrogens with zero attached hydrogens (tertiary/aromatic N) is 2. The topological polar surface area (TPSA) is 6.48 Å². The highest BCUT2D eigenvalue weighted by atomic mass is 15.1. The zero-order valence-electron chi connectivity index (χ0n) is 40.8. The Labute approximate surface area is 434 Å². The summed E-state index contributed by atoms with van der Waals surface area (Å²) in [6, 6.07) is 111. The minimum atomic E-state index is 1.08. The zero-order valence-corrected chi connectivity index (χ0v) is 40.8. The second kappa shape index (κ2) is 19.4. The SMILES string of the molecule is c1ccc(-c2cccc(-c3cccc(N4c5ccc(cc5)-c5ccccc5-c5ccc(cc5)N(c5cccc(-c6cccc(-c7ccccc7)c6)c5)c5ccc(cc5)-c5ccccc5-c5ccc4cc5)c3)c2)cc1. The molecule has 8 bridgehead atoms. The van der Waals surface area contributed by atoms with Crippen molar-refractivity contribution >= 4 is 34.1 Å². The van der Waals surface area contributed by atoms with E-state index in [9.17, 15) is 0 Å². The number of hydrogen-bond donors (Lipinski definition) is 0. The lowest BCUT2D eigenvalue weighted by molar-refractivity contribution is 1.28. The Kier molecular flexibility index (Phi) is 11.6. The van der Waals surface area contributed by atoms with E-state index in [1.165, 1.54) is 55.6 Å². The van der Waals surface area contributed by atoms with E-state index in [0.29, 0.717) is 0 Å². The summed E-state index contributed by atoms with van der Waals surface area (Å²) < 4.78 is 0. The van der Waals surface area contributed by atoms with Crippen molar-refractivity contribution in [3.63, 3.8) is 0 Å². The van der Waals surface area contributed by atoms with Crippen LogP contribution in [0.25, 0.3) is 89.0 Å². The van der Waals surface area contributed by atoms with Gasteiger partial charge in [-0.1, -0.05) is 218 Å². The highest BCUT2D eigenvalue weighted by molar-refractivity contribution is 5.90. The summed E-state index contributed by atoms with van der Waals surface area (Å²) in [6.07, 6.45) is 0. The third kappa shape index (κ3) is 8.65. The van der Waals surface area contributed by atoms with Crippen molar-refractivity contribution in [3.8, 4) is 89.0 Å². The average molecular weight is 943 g/mol. The standard InChI is InChI=1S/C72H50N2/c1-3-15-51(16-4-1)57-19-11-21-59(47-57)61-23-13-25-67(49-61)73-63-39-31-53(32-40-63)69-27-7-9-29-71(69)55-35-43-65(44-36-55)74(68-26-14-24-62(50-68)60-22-12-20-58(48-60)52-17-5-2-6-18-52)66-45-37-56(38-46-66)72-30-10-8-28-70(72)54-33-41-64(73)42-34-54/h1-50H. The van der Waals surface area contributed by atoms with Crippen LogP contribution < -0.4 is 9.80 Å². The molecule has 0 aromatic heterocycles. The Balaban J connectivity index is 0.929. The first kappa shape index (κ1) is 44.2. The molecule has 7 heterocycles. The van der Waals surface area contributed by atoms with E-state index in [1.807, 2.05) is 0 Å². The van der Waals surface area contributed by atoms with Gasteiger partial charge in [-0.15, -0.1) is 0 Å². The molecule has 0 atom stereocenters. The van der Waals surface area contributed by atoms with E-state index in [0.717, 1.165) is 67.5 Å². The van der Waals surface area contributed by atoms with Gasteiger partial charge in [-0.05, 0) is 174 Å². The molecule has 7 aliphatic rings. The van der Waals surface area contributed by atoms with E-state index < -0.39 is 0 Å². The molecule has 0 unspecified atom stereocenters. The van der Waals surface area contributed by atoms with Gasteiger partial charge in [-0.25, -0.2) is 0 Å². The molecule has 7 aliphatic heterocycles. The van der Waals surface area contributed by atoms with Crippen molar-refractivity contribution < 1.29 is 0 Å². The number of anilines is 6. The van der Waals surface area contributed by atoms with Gasteiger partial charge in [0.1, 0.15) is 0 Å². The molecular formula is C72H50N2. The quantitative estimate of drug-likeness (QED) is 0.164. The van der Waals surface area contributed by atoms with Crippen molar-refractivity contribution in [3.05, 3.63) is 303 Å². The predicted octanol–water partition coefficient (Wildman–Crippen LogP) is 20.3. The second-order valence-corrected chi connectivity index (χ2v) is 18.9. The highest BCUT2D eigenvalue weighted by Gasteiger charge is 2.19. The van der Waals surface area contributed by atoms with Crippen molar-refractivity contribution in [2.75, 3.05) is 9.80 Å². The Hall–Kier alpha value is -9.76. The van der Waals surface area contributed by atoms with Crippen molar-refractivity contribution in [1.82, 2.24) is 0 Å². The van der Waals surface area contributed by atoms with E-state index in [4.69, 9.17) is 0 Å². The molecule has 0 aliphatic carbocycles. The lowest BCUT2D eigenvalue weighted by Crippen LogP contribution is -2.10. The summed E-state index contributed by atoms with van der Waals surface area (Å²) in [5.74, 6) is 0. The van der Waals surface area contributed by atoms with Crippen LogP contribution in [0.15, 0.2) is 303 Å². The van der Waals surface area contributed by atoms with Crippen LogP contribution >= 0.6 is 0 Å². The van der Waals surface area contributed by atoms with Gasteiger partial charge in [0.2, 0.25) is 0 Å². The van der Waals surface area contributed by atoms with Gasteiger partial charge in [-0.2, -0.15) is 0 Å². The number of rotatable bonds is 6. The first-order valence-corrected chi connectivity index (χ1v) is 25.4. The number of benzene rings is 12. The summed E-state index contributed by atoms with van der Waals surface area (Å²) in [4.78, 5) is 4.76. The van der Waals surface area contributed by atoms with Gasteiger partial charge in [0.25, 0.3) is 0 Å². The van der Waals surface area contributed by atoms with Gasteiger partial charge in [0.15, 0.2) is 0 Å². The minimum absolute atomic E-state index is 1.08. The molecule has 0 amide bonds. The van der Waals surface area contributed by atoms with Crippen LogP contribution in [0.4, 0.5) is 34.1 Å². The van der Waals surface area contributed by atoms with Crippen LogP contribution in [-0.4, -0.2) is 0 Å². The van der Waals surface area contributed by atoms with Crippen molar-refractivity contribution in [2.45, 2.75) is 0 Å². The second-order valence-electron chi connectivity index (χ2n) is 18.9. The van der Waals surface area contributed by atoms with Crippen LogP contribution in [0.3, 0.4) is 0 Å². The molecule has 0 fully saturated rings. The summed E-state index contributed by atoms with van der Waals surface area (Å²) >= 11 is 0. The lowest BCUT2D eigenvalue weighted by atomic mass is 9.93. The lowest BCUT2D eigenvalue weighted by Gasteiger charge is -2.27. The molecule has 12 aromatic carbocycles. The normalized spacial score (nSPS) is 11.7. The smallest absolute Gasteiger partial charge is 0.0467 e. The predicted molar refractivity (Wildman–Crippen MR) is 313 cm³/mol. The maximum Gasteiger partial charge on any atom is 0.0467 e. The molecule has 74 heavy (non-hydrogen) atoms.